The van der Waals surface area contributed by atoms with Crippen molar-refractivity contribution >= 4 is 27.9 Å². The number of hydrogen-bond donors (Lipinski definition) is 3. The molecule has 2 amide bonds. The fourth-order valence-electron chi connectivity index (χ4n) is 2.63. The predicted octanol–water partition coefficient (Wildman–Crippen LogP) is -0.149. The molecule has 1 heterocycles. The van der Waals surface area contributed by atoms with Gasteiger partial charge in [0.1, 0.15) is 6.04 Å². The average Bonchev–Trinajstić information content (AvgIpc) is 2.70. The molecule has 4 N–H and O–H groups in total. The lowest BCUT2D eigenvalue weighted by atomic mass is 10.1. The second-order valence-corrected chi connectivity index (χ2v) is 8.41. The van der Waals surface area contributed by atoms with Crippen molar-refractivity contribution < 1.29 is 22.7 Å². The standard InChI is InChI=1S/C18H26N4O5S/c1-13(2)17(18(24)20-19)21-28(25,26)15-6-3-14(4-7-15)5-8-16(23)22-9-11-27-12-10-22/h3-8,13,17,21H,9-12,19H2,1-2H3,(H,20,24)/b8-5+/t17-/m0/s1. The van der Waals surface area contributed by atoms with E-state index in [0.717, 1.165) is 0 Å². The number of benzene rings is 1. The number of rotatable bonds is 7. The van der Waals surface area contributed by atoms with Gasteiger partial charge in [-0.1, -0.05) is 26.0 Å². The van der Waals surface area contributed by atoms with Crippen molar-refractivity contribution in [2.75, 3.05) is 26.3 Å². The number of hydrazine groups is 1. The minimum absolute atomic E-state index is 0.0135. The summed E-state index contributed by atoms with van der Waals surface area (Å²) in [5, 5.41) is 0. The first-order valence-corrected chi connectivity index (χ1v) is 10.4. The Morgan fingerprint density at radius 3 is 2.32 bits per heavy atom. The van der Waals surface area contributed by atoms with Crippen molar-refractivity contribution in [3.05, 3.63) is 35.9 Å². The Labute approximate surface area is 164 Å². The number of nitrogens with one attached hydrogen (secondary N) is 2. The molecule has 9 nitrogen and oxygen atoms in total. The number of nitrogens with two attached hydrogens (primary N) is 1. The first-order chi connectivity index (χ1) is 13.2. The number of sulfonamides is 1. The van der Waals surface area contributed by atoms with Gasteiger partial charge < -0.3 is 9.64 Å². The molecule has 0 bridgehead atoms. The topological polar surface area (TPSA) is 131 Å². The normalized spacial score (nSPS) is 16.4. The van der Waals surface area contributed by atoms with Crippen LogP contribution in [0.3, 0.4) is 0 Å². The van der Waals surface area contributed by atoms with Crippen LogP contribution in [0.15, 0.2) is 35.2 Å². The van der Waals surface area contributed by atoms with Gasteiger partial charge in [-0.15, -0.1) is 0 Å². The molecule has 2 rings (SSSR count). The van der Waals surface area contributed by atoms with Gasteiger partial charge in [0.05, 0.1) is 18.1 Å². The van der Waals surface area contributed by atoms with Gasteiger partial charge in [-0.2, -0.15) is 4.72 Å². The summed E-state index contributed by atoms with van der Waals surface area (Å²) in [6.45, 7) is 5.58. The van der Waals surface area contributed by atoms with Crippen molar-refractivity contribution in [1.82, 2.24) is 15.0 Å². The van der Waals surface area contributed by atoms with Crippen LogP contribution in [0, 0.1) is 5.92 Å². The minimum atomic E-state index is -3.90. The highest BCUT2D eigenvalue weighted by atomic mass is 32.2. The molecule has 1 atom stereocenters. The summed E-state index contributed by atoms with van der Waals surface area (Å²) in [4.78, 5) is 25.6. The van der Waals surface area contributed by atoms with Crippen molar-refractivity contribution in [3.8, 4) is 0 Å². The highest BCUT2D eigenvalue weighted by Crippen LogP contribution is 2.14. The van der Waals surface area contributed by atoms with Gasteiger partial charge in [-0.3, -0.25) is 15.0 Å². The van der Waals surface area contributed by atoms with E-state index in [1.54, 1.807) is 37.0 Å². The fourth-order valence-corrected chi connectivity index (χ4v) is 3.98. The lowest BCUT2D eigenvalue weighted by Gasteiger charge is -2.25. The number of morpholine rings is 1. The zero-order valence-corrected chi connectivity index (χ0v) is 16.7. The number of nitrogens with zero attached hydrogens (tertiary/aromatic N) is 1. The molecule has 1 aliphatic heterocycles. The van der Waals surface area contributed by atoms with Crippen LogP contribution >= 0.6 is 0 Å². The number of carbonyl (C=O) groups is 2. The Hall–Kier alpha value is -2.27. The molecule has 1 aliphatic rings. The third-order valence-corrected chi connectivity index (χ3v) is 5.76. The van der Waals surface area contributed by atoms with Crippen LogP contribution in [0.1, 0.15) is 19.4 Å². The van der Waals surface area contributed by atoms with Crippen LogP contribution in [0.5, 0.6) is 0 Å². The maximum Gasteiger partial charge on any atom is 0.252 e. The van der Waals surface area contributed by atoms with E-state index >= 15 is 0 Å². The van der Waals surface area contributed by atoms with E-state index < -0.39 is 22.0 Å². The van der Waals surface area contributed by atoms with E-state index in [-0.39, 0.29) is 16.7 Å². The zero-order valence-electron chi connectivity index (χ0n) is 15.9. The molecule has 10 heteroatoms. The minimum Gasteiger partial charge on any atom is -0.378 e. The summed E-state index contributed by atoms with van der Waals surface area (Å²) in [5.41, 5.74) is 2.65. The van der Waals surface area contributed by atoms with Crippen LogP contribution in [-0.4, -0.2) is 57.5 Å². The summed E-state index contributed by atoms with van der Waals surface area (Å²) >= 11 is 0. The van der Waals surface area contributed by atoms with E-state index in [0.29, 0.717) is 31.9 Å². The molecule has 1 saturated heterocycles. The van der Waals surface area contributed by atoms with E-state index in [4.69, 9.17) is 10.6 Å². The number of carbonyl (C=O) groups excluding carboxylic acids is 2. The van der Waals surface area contributed by atoms with Gasteiger partial charge >= 0.3 is 0 Å². The van der Waals surface area contributed by atoms with Crippen molar-refractivity contribution in [2.24, 2.45) is 11.8 Å². The summed E-state index contributed by atoms with van der Waals surface area (Å²) in [6, 6.07) is 5.02. The first-order valence-electron chi connectivity index (χ1n) is 8.92. The van der Waals surface area contributed by atoms with Gasteiger partial charge in [-0.25, -0.2) is 14.3 Å². The van der Waals surface area contributed by atoms with Crippen molar-refractivity contribution in [1.29, 1.82) is 0 Å². The van der Waals surface area contributed by atoms with Crippen LogP contribution in [-0.2, 0) is 24.3 Å². The van der Waals surface area contributed by atoms with Gasteiger partial charge in [0.15, 0.2) is 0 Å². The lowest BCUT2D eigenvalue weighted by molar-refractivity contribution is -0.129. The lowest BCUT2D eigenvalue weighted by Crippen LogP contribution is -2.51. The summed E-state index contributed by atoms with van der Waals surface area (Å²) < 4.78 is 32.6. The van der Waals surface area contributed by atoms with E-state index in [2.05, 4.69) is 4.72 Å². The summed E-state index contributed by atoms with van der Waals surface area (Å²) in [6.07, 6.45) is 3.08. The molecule has 1 aromatic rings. The Bertz CT molecular complexity index is 815. The summed E-state index contributed by atoms with van der Waals surface area (Å²) in [5.74, 6) is 4.11. The molecule has 1 fully saturated rings. The maximum atomic E-state index is 12.5. The van der Waals surface area contributed by atoms with Gasteiger partial charge in [-0.05, 0) is 29.7 Å². The second-order valence-electron chi connectivity index (χ2n) is 6.69. The Balaban J connectivity index is 2.06. The molecule has 0 aromatic heterocycles. The summed E-state index contributed by atoms with van der Waals surface area (Å²) in [7, 11) is -3.90. The zero-order chi connectivity index (χ0) is 20.7. The SMILES string of the molecule is CC(C)[C@H](NS(=O)(=O)c1ccc(/C=C/C(=O)N2CCOCC2)cc1)C(=O)NN. The molecule has 0 radical (unpaired) electrons. The van der Waals surface area contributed by atoms with Crippen molar-refractivity contribution in [2.45, 2.75) is 24.8 Å². The first kappa shape index (κ1) is 22.0. The largest absolute Gasteiger partial charge is 0.378 e. The molecule has 28 heavy (non-hydrogen) atoms. The molecule has 0 unspecified atom stereocenters. The quantitative estimate of drug-likeness (QED) is 0.248. The Kier molecular flexibility index (Phi) is 7.69. The van der Waals surface area contributed by atoms with E-state index in [1.807, 2.05) is 5.43 Å². The molecular weight excluding hydrogens is 384 g/mol. The third-order valence-electron chi connectivity index (χ3n) is 4.31. The third kappa shape index (κ3) is 5.86. The number of amides is 2. The van der Waals surface area contributed by atoms with Crippen LogP contribution in [0.25, 0.3) is 6.08 Å². The predicted molar refractivity (Wildman–Crippen MR) is 104 cm³/mol. The second kappa shape index (κ2) is 9.78. The number of ether oxygens (including phenoxy) is 1. The molecule has 0 saturated carbocycles. The molecule has 154 valence electrons. The molecule has 0 spiro atoms. The molecule has 0 aliphatic carbocycles. The van der Waals surface area contributed by atoms with Gasteiger partial charge in [0, 0.05) is 19.2 Å². The van der Waals surface area contributed by atoms with Crippen LogP contribution in [0.2, 0.25) is 0 Å². The number of hydrogen-bond acceptors (Lipinski definition) is 6. The van der Waals surface area contributed by atoms with E-state index in [9.17, 15) is 18.0 Å². The fraction of sp³-hybridized carbons (Fsp3) is 0.444. The van der Waals surface area contributed by atoms with Crippen LogP contribution in [0.4, 0.5) is 0 Å². The van der Waals surface area contributed by atoms with Gasteiger partial charge in [0.2, 0.25) is 15.9 Å². The average molecular weight is 410 g/mol. The maximum absolute atomic E-state index is 12.5. The van der Waals surface area contributed by atoms with Crippen molar-refractivity contribution in [3.63, 3.8) is 0 Å². The smallest absolute Gasteiger partial charge is 0.252 e. The van der Waals surface area contributed by atoms with Crippen LogP contribution < -0.4 is 16.0 Å². The van der Waals surface area contributed by atoms with E-state index in [1.165, 1.54) is 18.2 Å². The van der Waals surface area contributed by atoms with Gasteiger partial charge in [0.25, 0.3) is 5.91 Å². The molecule has 1 aromatic carbocycles. The highest BCUT2D eigenvalue weighted by molar-refractivity contribution is 7.89. The monoisotopic (exact) mass is 410 g/mol. The molecular formula is C18H26N4O5S. The highest BCUT2D eigenvalue weighted by Gasteiger charge is 2.27. The Morgan fingerprint density at radius 1 is 1.18 bits per heavy atom. The Morgan fingerprint density at radius 2 is 1.79 bits per heavy atom.